The second-order valence-corrected chi connectivity index (χ2v) is 8.52. The lowest BCUT2D eigenvalue weighted by atomic mass is 9.94. The zero-order chi connectivity index (χ0) is 17.9. The summed E-state index contributed by atoms with van der Waals surface area (Å²) >= 11 is 3.57. The summed E-state index contributed by atoms with van der Waals surface area (Å²) in [6, 6.07) is 13.9. The average molecular weight is 478 g/mol. The molecule has 0 atom stereocenters. The Morgan fingerprint density at radius 1 is 1.12 bits per heavy atom. The van der Waals surface area contributed by atoms with Crippen molar-refractivity contribution < 1.29 is 9.21 Å². The van der Waals surface area contributed by atoms with Crippen molar-refractivity contribution in [1.29, 1.82) is 0 Å². The SMILES string of the molecule is O=C1/C(=C/c2ccc(I)o2)SC(=Nc2ccccc2)N1C1CCCCC1. The fourth-order valence-corrected chi connectivity index (χ4v) is 4.85. The molecule has 26 heavy (non-hydrogen) atoms. The number of para-hydroxylation sites is 1. The van der Waals surface area contributed by atoms with Crippen molar-refractivity contribution in [2.75, 3.05) is 0 Å². The Hall–Kier alpha value is -1.54. The largest absolute Gasteiger partial charge is 0.451 e. The summed E-state index contributed by atoms with van der Waals surface area (Å²) < 4.78 is 6.43. The van der Waals surface area contributed by atoms with Crippen molar-refractivity contribution >= 4 is 57.2 Å². The average Bonchev–Trinajstić information content (AvgIpc) is 3.20. The van der Waals surface area contributed by atoms with Gasteiger partial charge in [0.15, 0.2) is 8.93 Å². The van der Waals surface area contributed by atoms with Crippen LogP contribution in [0.15, 0.2) is 56.8 Å². The van der Waals surface area contributed by atoms with Crippen LogP contribution in [0.5, 0.6) is 0 Å². The van der Waals surface area contributed by atoms with Gasteiger partial charge < -0.3 is 4.42 Å². The fraction of sp³-hybridized carbons (Fsp3) is 0.300. The number of aliphatic imine (C=N–C) groups is 1. The lowest BCUT2D eigenvalue weighted by Gasteiger charge is -2.30. The number of hydrogen-bond donors (Lipinski definition) is 0. The van der Waals surface area contributed by atoms with E-state index in [-0.39, 0.29) is 11.9 Å². The minimum atomic E-state index is 0.0444. The molecule has 1 aromatic heterocycles. The van der Waals surface area contributed by atoms with Crippen LogP contribution in [0.4, 0.5) is 5.69 Å². The Bertz CT molecular complexity index is 854. The molecule has 4 nitrogen and oxygen atoms in total. The highest BCUT2D eigenvalue weighted by Gasteiger charge is 2.38. The van der Waals surface area contributed by atoms with E-state index >= 15 is 0 Å². The Morgan fingerprint density at radius 3 is 2.58 bits per heavy atom. The number of nitrogens with zero attached hydrogens (tertiary/aromatic N) is 2. The standard InChI is InChI=1S/C20H19IN2O2S/c21-18-12-11-16(25-18)13-17-19(24)23(15-9-5-2-6-10-15)20(26-17)22-14-7-3-1-4-8-14/h1,3-4,7-8,11-13,15H,2,5-6,9-10H2/b17-13-,22-20?. The molecule has 0 spiro atoms. The molecule has 134 valence electrons. The second kappa shape index (κ2) is 8.00. The Balaban J connectivity index is 1.69. The summed E-state index contributed by atoms with van der Waals surface area (Å²) in [7, 11) is 0. The summed E-state index contributed by atoms with van der Waals surface area (Å²) in [5.41, 5.74) is 0.873. The van der Waals surface area contributed by atoms with Crippen molar-refractivity contribution in [2.24, 2.45) is 4.99 Å². The van der Waals surface area contributed by atoms with Gasteiger partial charge in [-0.2, -0.15) is 0 Å². The van der Waals surface area contributed by atoms with Crippen molar-refractivity contribution in [3.63, 3.8) is 0 Å². The van der Waals surface area contributed by atoms with Gasteiger partial charge in [0.25, 0.3) is 5.91 Å². The van der Waals surface area contributed by atoms with Crippen LogP contribution in [0, 0.1) is 3.77 Å². The third-order valence-electron chi connectivity index (χ3n) is 4.63. The summed E-state index contributed by atoms with van der Waals surface area (Å²) in [4.78, 5) is 20.5. The first-order valence-electron chi connectivity index (χ1n) is 8.83. The van der Waals surface area contributed by atoms with E-state index in [9.17, 15) is 4.79 Å². The molecular weight excluding hydrogens is 459 g/mol. The van der Waals surface area contributed by atoms with E-state index in [4.69, 9.17) is 9.41 Å². The van der Waals surface area contributed by atoms with Crippen LogP contribution >= 0.6 is 34.4 Å². The number of benzene rings is 1. The van der Waals surface area contributed by atoms with E-state index in [1.165, 1.54) is 31.0 Å². The minimum Gasteiger partial charge on any atom is -0.451 e. The molecule has 0 bridgehead atoms. The van der Waals surface area contributed by atoms with Gasteiger partial charge in [0.1, 0.15) is 5.76 Å². The number of carbonyl (C=O) groups excluding carboxylic acids is 1. The highest BCUT2D eigenvalue weighted by atomic mass is 127. The molecule has 2 fully saturated rings. The molecule has 0 unspecified atom stereocenters. The normalized spacial score (nSPS) is 21.9. The first-order chi connectivity index (χ1) is 12.7. The predicted octanol–water partition coefficient (Wildman–Crippen LogP) is 5.82. The van der Waals surface area contributed by atoms with Crippen molar-refractivity contribution in [1.82, 2.24) is 4.90 Å². The third-order valence-corrected chi connectivity index (χ3v) is 6.19. The lowest BCUT2D eigenvalue weighted by Crippen LogP contribution is -2.40. The predicted molar refractivity (Wildman–Crippen MR) is 114 cm³/mol. The molecule has 0 N–H and O–H groups in total. The van der Waals surface area contributed by atoms with Gasteiger partial charge in [-0.25, -0.2) is 4.99 Å². The molecule has 1 aliphatic heterocycles. The van der Waals surface area contributed by atoms with Gasteiger partial charge in [0.2, 0.25) is 0 Å². The monoisotopic (exact) mass is 478 g/mol. The van der Waals surface area contributed by atoms with Crippen LogP contribution in [0.2, 0.25) is 0 Å². The molecule has 1 aliphatic carbocycles. The van der Waals surface area contributed by atoms with Gasteiger partial charge in [-0.3, -0.25) is 9.69 Å². The minimum absolute atomic E-state index is 0.0444. The van der Waals surface area contributed by atoms with Crippen LogP contribution < -0.4 is 0 Å². The van der Waals surface area contributed by atoms with E-state index in [2.05, 4.69) is 22.6 Å². The third kappa shape index (κ3) is 3.91. The number of thioether (sulfide) groups is 1. The number of hydrogen-bond acceptors (Lipinski definition) is 4. The molecule has 2 heterocycles. The number of amides is 1. The maximum Gasteiger partial charge on any atom is 0.267 e. The zero-order valence-corrected chi connectivity index (χ0v) is 17.2. The van der Waals surface area contributed by atoms with Gasteiger partial charge in [-0.1, -0.05) is 37.5 Å². The van der Waals surface area contributed by atoms with E-state index < -0.39 is 0 Å². The number of furan rings is 1. The van der Waals surface area contributed by atoms with Crippen molar-refractivity contribution in [3.8, 4) is 0 Å². The van der Waals surface area contributed by atoms with Crippen LogP contribution in [-0.4, -0.2) is 22.0 Å². The second-order valence-electron chi connectivity index (χ2n) is 6.45. The summed E-state index contributed by atoms with van der Waals surface area (Å²) in [5.74, 6) is 0.748. The number of halogens is 1. The zero-order valence-electron chi connectivity index (χ0n) is 14.2. The maximum atomic E-state index is 13.1. The molecule has 1 amide bonds. The number of amidine groups is 1. The summed E-state index contributed by atoms with van der Waals surface area (Å²) in [6.45, 7) is 0. The van der Waals surface area contributed by atoms with Crippen molar-refractivity contribution in [3.05, 3.63) is 56.9 Å². The quantitative estimate of drug-likeness (QED) is 0.413. The van der Waals surface area contributed by atoms with E-state index in [1.54, 1.807) is 0 Å². The van der Waals surface area contributed by atoms with Crippen molar-refractivity contribution in [2.45, 2.75) is 38.1 Å². The van der Waals surface area contributed by atoms with Crippen LogP contribution in [0.3, 0.4) is 0 Å². The molecule has 6 heteroatoms. The van der Waals surface area contributed by atoms with E-state index in [1.807, 2.05) is 53.4 Å². The molecule has 1 aromatic carbocycles. The van der Waals surface area contributed by atoms with E-state index in [0.29, 0.717) is 10.7 Å². The highest BCUT2D eigenvalue weighted by molar-refractivity contribution is 14.1. The molecule has 1 saturated heterocycles. The fourth-order valence-electron chi connectivity index (χ4n) is 3.37. The smallest absolute Gasteiger partial charge is 0.267 e. The van der Waals surface area contributed by atoms with Gasteiger partial charge in [-0.05, 0) is 71.5 Å². The molecule has 1 saturated carbocycles. The maximum absolute atomic E-state index is 13.1. The van der Waals surface area contributed by atoms with Gasteiger partial charge in [0.05, 0.1) is 10.6 Å². The van der Waals surface area contributed by atoms with Gasteiger partial charge in [0, 0.05) is 12.1 Å². The summed E-state index contributed by atoms with van der Waals surface area (Å²) in [6.07, 6.45) is 7.53. The topological polar surface area (TPSA) is 45.8 Å². The molecule has 4 rings (SSSR count). The molecule has 2 aliphatic rings. The summed E-state index contributed by atoms with van der Waals surface area (Å²) in [5, 5.41) is 0.778. The van der Waals surface area contributed by atoms with Crippen LogP contribution in [0.25, 0.3) is 6.08 Å². The van der Waals surface area contributed by atoms with E-state index in [0.717, 1.165) is 27.5 Å². The lowest BCUT2D eigenvalue weighted by molar-refractivity contribution is -0.124. The highest BCUT2D eigenvalue weighted by Crippen LogP contribution is 2.38. The van der Waals surface area contributed by atoms with Crippen LogP contribution in [-0.2, 0) is 4.79 Å². The first kappa shape index (κ1) is 17.9. The Kier molecular flexibility index (Phi) is 5.49. The molecule has 0 radical (unpaired) electrons. The van der Waals surface area contributed by atoms with Gasteiger partial charge in [-0.15, -0.1) is 0 Å². The number of rotatable bonds is 3. The Morgan fingerprint density at radius 2 is 1.88 bits per heavy atom. The number of carbonyl (C=O) groups is 1. The first-order valence-corrected chi connectivity index (χ1v) is 10.7. The molecular formula is C20H19IN2O2S. The molecule has 2 aromatic rings. The van der Waals surface area contributed by atoms with Gasteiger partial charge >= 0.3 is 0 Å². The van der Waals surface area contributed by atoms with Crippen LogP contribution in [0.1, 0.15) is 37.9 Å². The Labute approximate surface area is 170 Å².